The SMILES string of the molecule is CC1C[C@@H](C)c2c1ncnc2N1CC2(CCN(C)CC2)c2c1ccc(Cl)c2CCC(=O)OC(C)(C)C. The van der Waals surface area contributed by atoms with Crippen molar-refractivity contribution in [3.8, 4) is 0 Å². The van der Waals surface area contributed by atoms with E-state index in [1.807, 2.05) is 26.8 Å². The number of anilines is 2. The van der Waals surface area contributed by atoms with Gasteiger partial charge in [-0.05, 0) is 102 Å². The first-order valence-corrected chi connectivity index (χ1v) is 13.7. The van der Waals surface area contributed by atoms with Gasteiger partial charge in [0.15, 0.2) is 0 Å². The Hall–Kier alpha value is -2.18. The molecule has 3 heterocycles. The molecule has 0 amide bonds. The third-order valence-electron chi connectivity index (χ3n) is 8.28. The molecule has 7 heteroatoms. The zero-order valence-corrected chi connectivity index (χ0v) is 23.3. The summed E-state index contributed by atoms with van der Waals surface area (Å²) < 4.78 is 5.62. The fraction of sp³-hybridized carbons (Fsp3) is 0.621. The van der Waals surface area contributed by atoms with E-state index in [-0.39, 0.29) is 11.4 Å². The highest BCUT2D eigenvalue weighted by molar-refractivity contribution is 6.31. The summed E-state index contributed by atoms with van der Waals surface area (Å²) in [7, 11) is 2.20. The van der Waals surface area contributed by atoms with E-state index in [2.05, 4.69) is 41.7 Å². The molecule has 1 aromatic heterocycles. The summed E-state index contributed by atoms with van der Waals surface area (Å²) in [6, 6.07) is 4.17. The summed E-state index contributed by atoms with van der Waals surface area (Å²) in [5.41, 5.74) is 5.59. The van der Waals surface area contributed by atoms with Crippen LogP contribution < -0.4 is 4.90 Å². The van der Waals surface area contributed by atoms with Crippen molar-refractivity contribution in [3.05, 3.63) is 45.9 Å². The fourth-order valence-corrected chi connectivity index (χ4v) is 6.89. The summed E-state index contributed by atoms with van der Waals surface area (Å²) >= 11 is 6.88. The Labute approximate surface area is 220 Å². The lowest BCUT2D eigenvalue weighted by molar-refractivity contribution is -0.154. The summed E-state index contributed by atoms with van der Waals surface area (Å²) in [6.45, 7) is 13.3. The average molecular weight is 511 g/mol. The van der Waals surface area contributed by atoms with Gasteiger partial charge in [0.1, 0.15) is 17.7 Å². The number of halogens is 1. The molecule has 0 N–H and O–H groups in total. The Bertz CT molecular complexity index is 1170. The van der Waals surface area contributed by atoms with Crippen LogP contribution in [0.25, 0.3) is 0 Å². The molecule has 1 fully saturated rings. The summed E-state index contributed by atoms with van der Waals surface area (Å²) in [6.07, 6.45) is 5.87. The van der Waals surface area contributed by atoms with Gasteiger partial charge in [0, 0.05) is 34.7 Å². The van der Waals surface area contributed by atoms with E-state index >= 15 is 0 Å². The monoisotopic (exact) mass is 510 g/mol. The van der Waals surface area contributed by atoms with Crippen molar-refractivity contribution >= 4 is 29.1 Å². The second kappa shape index (κ2) is 9.29. The summed E-state index contributed by atoms with van der Waals surface area (Å²) in [5, 5.41) is 0.743. The Balaban J connectivity index is 1.58. The van der Waals surface area contributed by atoms with Crippen LogP contribution in [0.1, 0.15) is 94.5 Å². The lowest BCUT2D eigenvalue weighted by atomic mass is 9.72. The van der Waals surface area contributed by atoms with Crippen LogP contribution in [-0.2, 0) is 21.4 Å². The Morgan fingerprint density at radius 1 is 1.17 bits per heavy atom. The number of hydrogen-bond donors (Lipinski definition) is 0. The number of fused-ring (bicyclic) bond motifs is 3. The molecule has 194 valence electrons. The normalized spacial score (nSPS) is 23.1. The van der Waals surface area contributed by atoms with Crippen molar-refractivity contribution in [2.45, 2.75) is 89.6 Å². The second-order valence-electron chi connectivity index (χ2n) is 12.2. The number of piperidine rings is 1. The van der Waals surface area contributed by atoms with Gasteiger partial charge in [-0.1, -0.05) is 25.4 Å². The number of aromatic nitrogens is 2. The van der Waals surface area contributed by atoms with Gasteiger partial charge in [-0.15, -0.1) is 0 Å². The third-order valence-corrected chi connectivity index (χ3v) is 8.63. The fourth-order valence-electron chi connectivity index (χ4n) is 6.64. The van der Waals surface area contributed by atoms with Crippen molar-refractivity contribution in [3.63, 3.8) is 0 Å². The number of esters is 1. The topological polar surface area (TPSA) is 58.6 Å². The standard InChI is InChI=1S/C29H39ClN4O2/c1-18-15-19(2)26-24(18)27(32-17-31-26)34-16-29(11-13-33(6)14-12-29)25-20(21(30)8-9-22(25)34)7-10-23(35)36-28(3,4)5/h8-9,17-19H,7,10-16H2,1-6H3/t18-,19?/m1/s1. The van der Waals surface area contributed by atoms with Gasteiger partial charge >= 0.3 is 5.97 Å². The van der Waals surface area contributed by atoms with Gasteiger partial charge in [0.2, 0.25) is 0 Å². The molecule has 1 unspecified atom stereocenters. The number of carbonyl (C=O) groups is 1. The van der Waals surface area contributed by atoms with Crippen molar-refractivity contribution in [1.82, 2.24) is 14.9 Å². The predicted octanol–water partition coefficient (Wildman–Crippen LogP) is 6.13. The predicted molar refractivity (Wildman–Crippen MR) is 145 cm³/mol. The first kappa shape index (κ1) is 25.5. The molecule has 2 aromatic rings. The Morgan fingerprint density at radius 3 is 2.58 bits per heavy atom. The van der Waals surface area contributed by atoms with Crippen LogP contribution in [0, 0.1) is 0 Å². The maximum Gasteiger partial charge on any atom is 0.306 e. The van der Waals surface area contributed by atoms with Gasteiger partial charge in [-0.2, -0.15) is 0 Å². The maximum absolute atomic E-state index is 12.6. The lowest BCUT2D eigenvalue weighted by Crippen LogP contribution is -2.43. The molecule has 1 aromatic carbocycles. The smallest absolute Gasteiger partial charge is 0.306 e. The molecule has 1 aliphatic carbocycles. The highest BCUT2D eigenvalue weighted by Crippen LogP contribution is 2.54. The number of rotatable bonds is 4. The quantitative estimate of drug-likeness (QED) is 0.461. The van der Waals surface area contributed by atoms with E-state index in [1.54, 1.807) is 6.33 Å². The van der Waals surface area contributed by atoms with E-state index in [0.717, 1.165) is 55.3 Å². The minimum absolute atomic E-state index is 0.0126. The molecule has 3 aliphatic rings. The van der Waals surface area contributed by atoms with Gasteiger partial charge in [-0.25, -0.2) is 9.97 Å². The zero-order chi connectivity index (χ0) is 25.8. The number of nitrogens with zero attached hydrogens (tertiary/aromatic N) is 4. The largest absolute Gasteiger partial charge is 0.460 e. The molecule has 6 nitrogen and oxygen atoms in total. The van der Waals surface area contributed by atoms with Crippen LogP contribution in [0.5, 0.6) is 0 Å². The second-order valence-corrected chi connectivity index (χ2v) is 12.6. The van der Waals surface area contributed by atoms with E-state index < -0.39 is 5.60 Å². The van der Waals surface area contributed by atoms with Crippen molar-refractivity contribution < 1.29 is 9.53 Å². The number of carbonyl (C=O) groups excluding carboxylic acids is 1. The van der Waals surface area contributed by atoms with E-state index in [4.69, 9.17) is 21.3 Å². The summed E-state index contributed by atoms with van der Waals surface area (Å²) in [5.74, 6) is 1.75. The first-order valence-electron chi connectivity index (χ1n) is 13.3. The van der Waals surface area contributed by atoms with Crippen LogP contribution in [0.2, 0.25) is 5.02 Å². The van der Waals surface area contributed by atoms with Crippen LogP contribution in [0.15, 0.2) is 18.5 Å². The molecule has 2 atom stereocenters. The van der Waals surface area contributed by atoms with Gasteiger partial charge in [0.05, 0.1) is 5.69 Å². The molecule has 1 saturated heterocycles. The highest BCUT2D eigenvalue weighted by Gasteiger charge is 2.48. The number of benzene rings is 1. The van der Waals surface area contributed by atoms with E-state index in [9.17, 15) is 4.79 Å². The maximum atomic E-state index is 12.6. The molecule has 2 aliphatic heterocycles. The van der Waals surface area contributed by atoms with E-state index in [1.165, 1.54) is 22.5 Å². The van der Waals surface area contributed by atoms with Gasteiger partial charge in [-0.3, -0.25) is 4.79 Å². The first-order chi connectivity index (χ1) is 17.0. The third kappa shape index (κ3) is 4.51. The molecule has 0 bridgehead atoms. The summed E-state index contributed by atoms with van der Waals surface area (Å²) in [4.78, 5) is 27.0. The molecule has 36 heavy (non-hydrogen) atoms. The zero-order valence-electron chi connectivity index (χ0n) is 22.5. The Morgan fingerprint density at radius 2 is 1.89 bits per heavy atom. The van der Waals surface area contributed by atoms with Crippen molar-refractivity contribution in [1.29, 1.82) is 0 Å². The van der Waals surface area contributed by atoms with Crippen molar-refractivity contribution in [2.24, 2.45) is 0 Å². The highest BCUT2D eigenvalue weighted by atomic mass is 35.5. The van der Waals surface area contributed by atoms with Crippen LogP contribution >= 0.6 is 11.6 Å². The Kier molecular flexibility index (Phi) is 6.57. The molecule has 5 rings (SSSR count). The number of ether oxygens (including phenoxy) is 1. The van der Waals surface area contributed by atoms with E-state index in [0.29, 0.717) is 24.7 Å². The van der Waals surface area contributed by atoms with Crippen LogP contribution in [0.4, 0.5) is 11.5 Å². The van der Waals surface area contributed by atoms with Gasteiger partial charge < -0.3 is 14.5 Å². The molecular weight excluding hydrogens is 472 g/mol. The lowest BCUT2D eigenvalue weighted by Gasteiger charge is -2.39. The van der Waals surface area contributed by atoms with Crippen LogP contribution in [-0.4, -0.2) is 53.1 Å². The number of likely N-dealkylation sites (tertiary alicyclic amines) is 1. The van der Waals surface area contributed by atoms with Gasteiger partial charge in [0.25, 0.3) is 0 Å². The minimum Gasteiger partial charge on any atom is -0.460 e. The molecular formula is C29H39ClN4O2. The molecule has 0 saturated carbocycles. The molecule has 0 radical (unpaired) electrons. The van der Waals surface area contributed by atoms with Crippen LogP contribution in [0.3, 0.4) is 0 Å². The molecule has 1 spiro atoms. The average Bonchev–Trinajstić information content (AvgIpc) is 3.28. The number of hydrogen-bond acceptors (Lipinski definition) is 6. The van der Waals surface area contributed by atoms with Crippen molar-refractivity contribution in [2.75, 3.05) is 31.6 Å². The minimum atomic E-state index is -0.493.